The molecule has 0 fully saturated rings. The number of benzene rings is 11. The Morgan fingerprint density at radius 2 is 0.561 bits per heavy atom. The Labute approximate surface area is 674 Å². The summed E-state index contributed by atoms with van der Waals surface area (Å²) in [5.41, 5.74) is 3.64. The van der Waals surface area contributed by atoms with Gasteiger partial charge in [-0.1, -0.05) is 158 Å². The predicted octanol–water partition coefficient (Wildman–Crippen LogP) is 15.8. The molecule has 22 nitrogen and oxygen atoms in total. The SMILES string of the molecule is C=C(Cl)C(=O)NCCc1ccc(Oc2cc3c4c(cc(Oc5ccc(CCNC(=O)C(=C)Cl)cc5)c5c6c(Oc7ccc(CCNC(=O)C(=C)Cl)cc7)cc7c8c(cc(Oc9ccc(CCNC(=O)C(=C)Cl)cc9)c(c2c45)c86)C(=O)N(CC(=O)N(CC)c2ccccc2)C7=O)C(=O)N(CC(=O)N(CC)c2ccccc2)C3=O)cc1. The zero-order chi connectivity index (χ0) is 80.8. The number of nitrogens with zero attached hydrogens (tertiary/aromatic N) is 4. The number of ether oxygens (including phenoxy) is 4. The summed E-state index contributed by atoms with van der Waals surface area (Å²) >= 11 is 23.6. The Kier molecular flexibility index (Phi) is 23.9. The van der Waals surface area contributed by atoms with Crippen molar-refractivity contribution in [1.29, 1.82) is 0 Å². The molecule has 2 aliphatic heterocycles. The normalized spacial score (nSPS) is 12.2. The molecule has 0 radical (unpaired) electrons. The van der Waals surface area contributed by atoms with E-state index < -0.39 is 72.2 Å². The van der Waals surface area contributed by atoms with Gasteiger partial charge in [-0.25, -0.2) is 0 Å². The smallest absolute Gasteiger partial charge is 0.262 e. The first-order chi connectivity index (χ1) is 54.9. The Morgan fingerprint density at radius 1 is 0.333 bits per heavy atom. The fourth-order valence-corrected chi connectivity index (χ4v) is 14.2. The number of carbonyl (C=O) groups excluding carboxylic acids is 10. The van der Waals surface area contributed by atoms with Crippen LogP contribution in [0, 0.1) is 0 Å². The maximum atomic E-state index is 16.1. The predicted molar refractivity (Wildman–Crippen MR) is 440 cm³/mol. The fraction of sp³-hybridized carbons (Fsp3) is 0.159. The standard InChI is InChI=1S/C88H72Cl4N8O14/c1-7-97(57-15-11-9-12-16-57)71(101)47-99-85(107)63-43-67(111-59-27-19-53(20-28-59)35-39-93-81(103)49(3)89)75-77-69(113-61-31-23-55(24-32-61)37-41-95-83(105)51(5)91)45-65-74-66(88(110)100(87(65)109)48-72(102)98(8-2)58-17-13-10-14-18-58)46-70(114-62-33-25-56(26-34-62)38-42-96-84(106)52(6)92)78(80(74)77)76-68(44-64(86(99)108)73(63)79(75)76)112-60-29-21-54(22-30-60)36-40-94-82(104)50(4)90/h9-34,43-46H,3-8,35-42,47-48H2,1-2H3,(H,93,103)(H,94,104)(H,95,105)(H,96,106). The summed E-state index contributed by atoms with van der Waals surface area (Å²) in [5, 5.41) is 11.2. The third-order valence-corrected chi connectivity index (χ3v) is 20.1. The van der Waals surface area contributed by atoms with E-state index in [0.29, 0.717) is 37.1 Å². The van der Waals surface area contributed by atoms with Gasteiger partial charge in [0, 0.05) is 93.7 Å². The van der Waals surface area contributed by atoms with E-state index in [9.17, 15) is 28.8 Å². The van der Waals surface area contributed by atoms with Gasteiger partial charge in [0.1, 0.15) is 59.1 Å². The Hall–Kier alpha value is -12.9. The van der Waals surface area contributed by atoms with Gasteiger partial charge < -0.3 is 50.0 Å². The van der Waals surface area contributed by atoms with Crippen LogP contribution in [0.5, 0.6) is 46.0 Å². The summed E-state index contributed by atoms with van der Waals surface area (Å²) < 4.78 is 28.8. The zero-order valence-electron chi connectivity index (χ0n) is 61.7. The summed E-state index contributed by atoms with van der Waals surface area (Å²) in [7, 11) is 0. The van der Waals surface area contributed by atoms with E-state index in [4.69, 9.17) is 65.4 Å². The van der Waals surface area contributed by atoms with Crippen molar-refractivity contribution in [3.63, 3.8) is 0 Å². The Balaban J connectivity index is 1.12. The minimum atomic E-state index is -0.886. The van der Waals surface area contributed by atoms with E-state index in [0.717, 1.165) is 32.1 Å². The molecule has 2 heterocycles. The third kappa shape index (κ3) is 16.7. The first kappa shape index (κ1) is 79.2. The fourth-order valence-electron chi connectivity index (χ4n) is 13.9. The number of likely N-dealkylation sites (N-methyl/N-ethyl adjacent to an activating group) is 2. The lowest BCUT2D eigenvalue weighted by molar-refractivity contribution is -0.119. The number of nitrogens with one attached hydrogen (secondary N) is 4. The second-order valence-electron chi connectivity index (χ2n) is 26.7. The van der Waals surface area contributed by atoms with E-state index >= 15 is 19.2 Å². The van der Waals surface area contributed by atoms with Gasteiger partial charge in [0.2, 0.25) is 11.8 Å². The first-order valence-electron chi connectivity index (χ1n) is 36.3. The van der Waals surface area contributed by atoms with Gasteiger partial charge in [-0.3, -0.25) is 57.7 Å². The van der Waals surface area contributed by atoms with Crippen LogP contribution in [0.1, 0.15) is 77.5 Å². The van der Waals surface area contributed by atoms with E-state index in [1.807, 2.05) is 0 Å². The van der Waals surface area contributed by atoms with E-state index in [2.05, 4.69) is 47.6 Å². The quantitative estimate of drug-likeness (QED) is 0.0132. The lowest BCUT2D eigenvalue weighted by Crippen LogP contribution is -2.47. The molecule has 0 spiro atoms. The molecule has 0 saturated carbocycles. The molecule has 114 heavy (non-hydrogen) atoms. The number of hydrogen-bond acceptors (Lipinski definition) is 14. The van der Waals surface area contributed by atoms with Crippen molar-refractivity contribution in [2.24, 2.45) is 0 Å². The van der Waals surface area contributed by atoms with Gasteiger partial charge in [-0.05, 0) is 159 Å². The Bertz CT molecular complexity index is 5150. The molecular weight excluding hydrogens is 1530 g/mol. The van der Waals surface area contributed by atoms with Crippen molar-refractivity contribution in [3.05, 3.63) is 273 Å². The molecule has 0 aliphatic carbocycles. The van der Waals surface area contributed by atoms with Crippen molar-refractivity contribution in [1.82, 2.24) is 31.1 Å². The maximum Gasteiger partial charge on any atom is 0.262 e. The van der Waals surface area contributed by atoms with Crippen LogP contribution in [0.25, 0.3) is 43.1 Å². The van der Waals surface area contributed by atoms with Crippen LogP contribution < -0.4 is 50.0 Å². The number of hydrogen-bond donors (Lipinski definition) is 4. The van der Waals surface area contributed by atoms with Crippen molar-refractivity contribution < 1.29 is 66.9 Å². The topological polar surface area (TPSA) is 269 Å². The van der Waals surface area contributed by atoms with Crippen LogP contribution in [0.2, 0.25) is 0 Å². The highest BCUT2D eigenvalue weighted by Crippen LogP contribution is 2.58. The largest absolute Gasteiger partial charge is 0.457 e. The number of halogens is 4. The summed E-state index contributed by atoms with van der Waals surface area (Å²) in [6.45, 7) is 17.2. The lowest BCUT2D eigenvalue weighted by Gasteiger charge is -2.33. The molecule has 0 bridgehead atoms. The highest BCUT2D eigenvalue weighted by atomic mass is 35.5. The lowest BCUT2D eigenvalue weighted by atomic mass is 9.80. The molecule has 10 amide bonds. The second-order valence-corrected chi connectivity index (χ2v) is 28.5. The summed E-state index contributed by atoms with van der Waals surface area (Å²) in [4.78, 5) is 149. The van der Waals surface area contributed by atoms with E-state index in [1.165, 1.54) is 34.1 Å². The molecule has 576 valence electrons. The molecule has 11 aromatic rings. The van der Waals surface area contributed by atoms with Crippen LogP contribution >= 0.6 is 46.4 Å². The molecule has 0 unspecified atom stereocenters. The number of para-hydroxylation sites is 2. The van der Waals surface area contributed by atoms with Crippen molar-refractivity contribution in [2.75, 3.05) is 62.2 Å². The summed E-state index contributed by atoms with van der Waals surface area (Å²) in [6, 6.07) is 51.0. The maximum absolute atomic E-state index is 16.1. The molecule has 0 atom stereocenters. The van der Waals surface area contributed by atoms with Gasteiger partial charge in [0.05, 0.1) is 42.4 Å². The van der Waals surface area contributed by atoms with E-state index in [-0.39, 0.29) is 171 Å². The number of rotatable bonds is 32. The molecule has 2 aliphatic rings. The van der Waals surface area contributed by atoms with Crippen molar-refractivity contribution in [2.45, 2.75) is 39.5 Å². The number of fused-ring (bicyclic) bond motifs is 2. The highest BCUT2D eigenvalue weighted by Gasteiger charge is 2.43. The Morgan fingerprint density at radius 3 is 0.772 bits per heavy atom. The van der Waals surface area contributed by atoms with Crippen LogP contribution in [-0.4, -0.2) is 121 Å². The average Bonchev–Trinajstić information content (AvgIpc) is 0.671. The number of carbonyl (C=O) groups is 10. The van der Waals surface area contributed by atoms with Crippen LogP contribution in [-0.2, 0) is 54.5 Å². The summed E-state index contributed by atoms with van der Waals surface area (Å²) in [5.74, 6) is -6.30. The van der Waals surface area contributed by atoms with Crippen molar-refractivity contribution in [3.8, 4) is 46.0 Å². The molecule has 13 rings (SSSR count). The van der Waals surface area contributed by atoms with Gasteiger partial charge in [-0.15, -0.1) is 0 Å². The zero-order valence-corrected chi connectivity index (χ0v) is 64.7. The monoisotopic (exact) mass is 1600 g/mol. The molecular formula is C88H72Cl4N8O14. The minimum Gasteiger partial charge on any atom is -0.457 e. The average molecular weight is 1610 g/mol. The minimum absolute atomic E-state index is 0.0517. The molecule has 26 heteroatoms. The van der Waals surface area contributed by atoms with Crippen molar-refractivity contribution >= 4 is 160 Å². The number of amides is 10. The van der Waals surface area contributed by atoms with Gasteiger partial charge in [0.15, 0.2) is 0 Å². The van der Waals surface area contributed by atoms with Gasteiger partial charge in [-0.2, -0.15) is 0 Å². The summed E-state index contributed by atoms with van der Waals surface area (Å²) in [6.07, 6.45) is 1.38. The van der Waals surface area contributed by atoms with E-state index in [1.54, 1.807) is 172 Å². The number of anilines is 2. The molecule has 0 saturated heterocycles. The second kappa shape index (κ2) is 34.4. The molecule has 0 aromatic heterocycles. The van der Waals surface area contributed by atoms with Crippen LogP contribution in [0.15, 0.2) is 228 Å². The molecule has 11 aromatic carbocycles. The van der Waals surface area contributed by atoms with Crippen LogP contribution in [0.3, 0.4) is 0 Å². The van der Waals surface area contributed by atoms with Crippen LogP contribution in [0.4, 0.5) is 11.4 Å². The molecule has 4 N–H and O–H groups in total. The van der Waals surface area contributed by atoms with Gasteiger partial charge in [0.25, 0.3) is 47.3 Å². The first-order valence-corrected chi connectivity index (χ1v) is 37.8. The van der Waals surface area contributed by atoms with Gasteiger partial charge >= 0.3 is 0 Å². The highest BCUT2D eigenvalue weighted by molar-refractivity contribution is 6.46. The number of imide groups is 2. The third-order valence-electron chi connectivity index (χ3n) is 19.4.